The van der Waals surface area contributed by atoms with Crippen molar-refractivity contribution >= 4 is 95.3 Å². The molecule has 6 heteroatoms. The van der Waals surface area contributed by atoms with Gasteiger partial charge in [-0.25, -0.2) is 0 Å². The average Bonchev–Trinajstić information content (AvgIpc) is 0.966. The van der Waals surface area contributed by atoms with Crippen LogP contribution in [-0.2, 0) is 33.0 Å². The van der Waals surface area contributed by atoms with Crippen LogP contribution in [0.1, 0.15) is 51.4 Å². The van der Waals surface area contributed by atoms with Crippen molar-refractivity contribution in [1.82, 2.24) is 0 Å². The summed E-state index contributed by atoms with van der Waals surface area (Å²) in [4.78, 5) is 0. The Hall–Kier alpha value is -7.69. The Kier molecular flexibility index (Phi) is 35.1. The summed E-state index contributed by atoms with van der Waals surface area (Å²) in [5.41, 5.74) is 0. The van der Waals surface area contributed by atoms with Crippen LogP contribution in [0.2, 0.25) is 0 Å². The minimum atomic E-state index is -0.877. The van der Waals surface area contributed by atoms with Gasteiger partial charge in [-0.1, -0.05) is 268 Å². The van der Waals surface area contributed by atoms with Gasteiger partial charge >= 0.3 is 16.5 Å². The van der Waals surface area contributed by atoms with E-state index in [9.17, 15) is 0 Å². The first-order valence-corrected chi connectivity index (χ1v) is 38.3. The van der Waals surface area contributed by atoms with E-state index in [1.807, 2.05) is 0 Å². The average molecular weight is 1380 g/mol. The standard InChI is InChI=1S/4C18H15P.2C8H11.2Ni/c4*1-4-10-16(11-5-1)19(17-12-6-2-7-13-17)18-14-8-3-9-15-18;2*1-2-4-6-8-7-5-3-1;;/h4*1-15H;2*1-2,7H,3-6H2;;/q;;;;2*-1;;+2/p+4. The Morgan fingerprint density at radius 3 is 0.436 bits per heavy atom. The summed E-state index contributed by atoms with van der Waals surface area (Å²) in [6, 6.07) is 130. The van der Waals surface area contributed by atoms with Gasteiger partial charge < -0.3 is 12.2 Å². The molecule has 12 aromatic rings. The van der Waals surface area contributed by atoms with Crippen LogP contribution in [0, 0.1) is 12.2 Å². The van der Waals surface area contributed by atoms with Crippen LogP contribution in [0.5, 0.6) is 0 Å². The summed E-state index contributed by atoms with van der Waals surface area (Å²) in [6.07, 6.45) is 29.0. The topological polar surface area (TPSA) is 0 Å². The number of allylic oxidation sites excluding steroid dienone is 8. The molecule has 12 aromatic carbocycles. The predicted octanol–water partition coefficient (Wildman–Crippen LogP) is 17.7. The van der Waals surface area contributed by atoms with Gasteiger partial charge in [-0.15, -0.1) is 0 Å². The maximum absolute atomic E-state index is 3.21. The molecule has 14 rings (SSSR count). The molecule has 0 aromatic heterocycles. The fourth-order valence-electron chi connectivity index (χ4n) is 10.8. The first-order valence-electron chi connectivity index (χ1n) is 32.3. The predicted molar refractivity (Wildman–Crippen MR) is 417 cm³/mol. The molecule has 0 heterocycles. The van der Waals surface area contributed by atoms with Gasteiger partial charge in [0.15, 0.2) is 0 Å². The quantitative estimate of drug-likeness (QED) is 0.0495. The fraction of sp³-hybridized carbons (Fsp3) is 0.0909. The van der Waals surface area contributed by atoms with E-state index < -0.39 is 31.7 Å². The summed E-state index contributed by atoms with van der Waals surface area (Å²) >= 11 is 0. The third-order valence-electron chi connectivity index (χ3n) is 15.2. The van der Waals surface area contributed by atoms with Gasteiger partial charge in [0.2, 0.25) is 0 Å². The van der Waals surface area contributed by atoms with Crippen molar-refractivity contribution in [3.05, 3.63) is 413 Å². The van der Waals surface area contributed by atoms with E-state index in [-0.39, 0.29) is 33.0 Å². The molecule has 0 unspecified atom stereocenters. The van der Waals surface area contributed by atoms with Gasteiger partial charge in [0.25, 0.3) is 0 Å². The molecular formula is C88H86Ni2P4+4. The van der Waals surface area contributed by atoms with Gasteiger partial charge in [-0.05, 0) is 158 Å². The van der Waals surface area contributed by atoms with Crippen molar-refractivity contribution < 1.29 is 33.0 Å². The van der Waals surface area contributed by atoms with Crippen LogP contribution in [-0.4, -0.2) is 0 Å². The second-order valence-corrected chi connectivity index (χ2v) is 31.8. The van der Waals surface area contributed by atoms with Crippen LogP contribution in [0.15, 0.2) is 400 Å². The summed E-state index contributed by atoms with van der Waals surface area (Å²) in [5.74, 6) is 0. The summed E-state index contributed by atoms with van der Waals surface area (Å²) < 4.78 is 0. The minimum absolute atomic E-state index is 0. The van der Waals surface area contributed by atoms with E-state index in [1.165, 1.54) is 102 Å². The molecule has 0 nitrogen and oxygen atoms in total. The van der Waals surface area contributed by atoms with Crippen molar-refractivity contribution in [2.75, 3.05) is 0 Å². The molecule has 0 aliphatic heterocycles. The van der Waals surface area contributed by atoms with E-state index in [0.717, 1.165) is 12.8 Å². The second kappa shape index (κ2) is 44.8. The maximum atomic E-state index is 3.21. The van der Waals surface area contributed by atoms with Crippen LogP contribution in [0.25, 0.3) is 0 Å². The molecule has 0 saturated carbocycles. The molecular weight excluding hydrogens is 1300 g/mol. The summed E-state index contributed by atoms with van der Waals surface area (Å²) in [7, 11) is -3.51. The van der Waals surface area contributed by atoms with Gasteiger partial charge in [0.05, 0.1) is 31.7 Å². The first kappa shape index (κ1) is 73.7. The molecule has 0 amide bonds. The van der Waals surface area contributed by atoms with Crippen LogP contribution in [0.3, 0.4) is 0 Å². The van der Waals surface area contributed by atoms with E-state index in [4.69, 9.17) is 0 Å². The zero-order valence-electron chi connectivity index (χ0n) is 53.4. The van der Waals surface area contributed by atoms with Gasteiger partial charge in [0.1, 0.15) is 63.7 Å². The van der Waals surface area contributed by atoms with Gasteiger partial charge in [-0.2, -0.15) is 12.8 Å². The van der Waals surface area contributed by atoms with Crippen molar-refractivity contribution in [3.63, 3.8) is 0 Å². The molecule has 0 fully saturated rings. The Morgan fingerprint density at radius 2 is 0.298 bits per heavy atom. The first-order chi connectivity index (χ1) is 45.8. The fourth-order valence-corrected chi connectivity index (χ4v) is 21.1. The SMILES string of the molecule is [C-]1=CCCC=CCC1.[C-]1=CCCC=CCC1.[Ni+2].[Ni].c1ccc([PH+](c2ccccc2)c2ccccc2)cc1.c1ccc([PH+](c2ccccc2)c2ccccc2)cc1.c1ccc([PH+](c2ccccc2)c2ccccc2)cc1.c1ccc([PH+](c2ccccc2)c2ccccc2)cc1. The van der Waals surface area contributed by atoms with Crippen molar-refractivity contribution in [1.29, 1.82) is 0 Å². The Balaban J connectivity index is 0.000000163. The number of hydrogen-bond donors (Lipinski definition) is 0. The minimum Gasteiger partial charge on any atom is -0.500 e. The van der Waals surface area contributed by atoms with Crippen LogP contribution in [0.4, 0.5) is 0 Å². The Labute approximate surface area is 587 Å². The molecule has 0 N–H and O–H groups in total. The second-order valence-electron chi connectivity index (χ2n) is 21.9. The van der Waals surface area contributed by atoms with Crippen molar-refractivity contribution in [2.45, 2.75) is 51.4 Å². The maximum Gasteiger partial charge on any atom is 2.00 e. The Bertz CT molecular complexity index is 3020. The zero-order chi connectivity index (χ0) is 63.0. The normalized spacial score (nSPS) is 12.0. The molecule has 2 aliphatic carbocycles. The number of hydrogen-bond acceptors (Lipinski definition) is 0. The number of rotatable bonds is 12. The smallest absolute Gasteiger partial charge is 0.500 e. The van der Waals surface area contributed by atoms with Crippen LogP contribution >= 0.6 is 31.7 Å². The molecule has 0 radical (unpaired) electrons. The molecule has 94 heavy (non-hydrogen) atoms. The molecule has 0 spiro atoms. The van der Waals surface area contributed by atoms with Crippen molar-refractivity contribution in [2.24, 2.45) is 0 Å². The molecule has 0 saturated heterocycles. The monoisotopic (exact) mass is 1380 g/mol. The van der Waals surface area contributed by atoms with E-state index in [0.29, 0.717) is 0 Å². The van der Waals surface area contributed by atoms with E-state index in [2.05, 4.69) is 413 Å². The zero-order valence-corrected chi connectivity index (χ0v) is 59.4. The molecule has 0 bridgehead atoms. The number of benzene rings is 12. The summed E-state index contributed by atoms with van der Waals surface area (Å²) in [5, 5.41) is 17.2. The molecule has 0 atom stereocenters. The third kappa shape index (κ3) is 25.2. The third-order valence-corrected chi connectivity index (χ3v) is 26.2. The van der Waals surface area contributed by atoms with Crippen molar-refractivity contribution in [3.8, 4) is 0 Å². The largest absolute Gasteiger partial charge is 2.00 e. The summed E-state index contributed by atoms with van der Waals surface area (Å²) in [6.45, 7) is 0. The van der Waals surface area contributed by atoms with E-state index in [1.54, 1.807) is 0 Å². The van der Waals surface area contributed by atoms with Gasteiger partial charge in [-0.3, -0.25) is 12.2 Å². The Morgan fingerprint density at radius 1 is 0.170 bits per heavy atom. The molecule has 474 valence electrons. The van der Waals surface area contributed by atoms with Crippen LogP contribution < -0.4 is 63.7 Å². The molecule has 2 aliphatic rings. The van der Waals surface area contributed by atoms with E-state index >= 15 is 0 Å². The van der Waals surface area contributed by atoms with Gasteiger partial charge in [0, 0.05) is 16.5 Å².